The van der Waals surface area contributed by atoms with Crippen LogP contribution in [0.5, 0.6) is 11.5 Å². The number of rotatable bonds is 8. The molecule has 0 saturated carbocycles. The Morgan fingerprint density at radius 2 is 1.63 bits per heavy atom. The van der Waals surface area contributed by atoms with Crippen LogP contribution in [0.4, 0.5) is 5.69 Å². The molecule has 1 atom stereocenters. The molecule has 1 aliphatic rings. The van der Waals surface area contributed by atoms with Crippen molar-refractivity contribution < 1.29 is 14.2 Å². The molecule has 4 rings (SSSR count). The van der Waals surface area contributed by atoms with Gasteiger partial charge < -0.3 is 14.2 Å². The van der Waals surface area contributed by atoms with Crippen molar-refractivity contribution in [2.24, 2.45) is 4.99 Å². The first-order valence-corrected chi connectivity index (χ1v) is 12.5. The maximum Gasteiger partial charge on any atom is 0.147 e. The molecule has 0 N–H and O–H groups in total. The van der Waals surface area contributed by atoms with Gasteiger partial charge in [-0.15, -0.1) is 0 Å². The lowest BCUT2D eigenvalue weighted by molar-refractivity contribution is 0.0801. The van der Waals surface area contributed by atoms with Gasteiger partial charge in [0, 0.05) is 23.9 Å². The molecule has 35 heavy (non-hydrogen) atoms. The van der Waals surface area contributed by atoms with Crippen LogP contribution in [0, 0.1) is 13.8 Å². The first-order chi connectivity index (χ1) is 16.9. The van der Waals surface area contributed by atoms with Crippen molar-refractivity contribution in [3.8, 4) is 11.5 Å². The summed E-state index contributed by atoms with van der Waals surface area (Å²) < 4.78 is 17.8. The van der Waals surface area contributed by atoms with Gasteiger partial charge in [0.1, 0.15) is 17.6 Å². The normalized spacial score (nSPS) is 15.2. The van der Waals surface area contributed by atoms with Crippen LogP contribution >= 0.6 is 0 Å². The van der Waals surface area contributed by atoms with Crippen LogP contribution in [0.3, 0.4) is 0 Å². The summed E-state index contributed by atoms with van der Waals surface area (Å²) in [6.45, 7) is 9.13. The molecule has 0 saturated heterocycles. The minimum atomic E-state index is -0.174. The van der Waals surface area contributed by atoms with Crippen LogP contribution in [-0.2, 0) is 11.2 Å². The van der Waals surface area contributed by atoms with Crippen molar-refractivity contribution >= 4 is 11.4 Å². The average Bonchev–Trinajstić information content (AvgIpc) is 2.84. The summed E-state index contributed by atoms with van der Waals surface area (Å²) in [6, 6.07) is 18.9. The Kier molecular flexibility index (Phi) is 7.92. The number of methoxy groups -OCH3 is 2. The Bertz CT molecular complexity index is 1170. The van der Waals surface area contributed by atoms with Crippen LogP contribution in [0.25, 0.3) is 0 Å². The second kappa shape index (κ2) is 11.1. The average molecular weight is 472 g/mol. The van der Waals surface area contributed by atoms with Gasteiger partial charge >= 0.3 is 0 Å². The number of fused-ring (bicyclic) bond motifs is 1. The number of aryl methyl sites for hydroxylation is 3. The zero-order valence-corrected chi connectivity index (χ0v) is 21.9. The van der Waals surface area contributed by atoms with Gasteiger partial charge in [-0.05, 0) is 79.5 Å². The van der Waals surface area contributed by atoms with E-state index in [1.54, 1.807) is 14.2 Å². The minimum absolute atomic E-state index is 0.174. The lowest BCUT2D eigenvalue weighted by Crippen LogP contribution is -2.19. The fourth-order valence-electron chi connectivity index (χ4n) is 5.19. The summed E-state index contributed by atoms with van der Waals surface area (Å²) >= 11 is 0. The molecular formula is C31H37NO3. The monoisotopic (exact) mass is 471 g/mol. The molecule has 1 aliphatic carbocycles. The highest BCUT2D eigenvalue weighted by Crippen LogP contribution is 2.39. The number of hydrogen-bond donors (Lipinski definition) is 0. The van der Waals surface area contributed by atoms with Crippen molar-refractivity contribution in [3.05, 3.63) is 88.0 Å². The minimum Gasteiger partial charge on any atom is -0.496 e. The largest absolute Gasteiger partial charge is 0.496 e. The van der Waals surface area contributed by atoms with Gasteiger partial charge in [0.25, 0.3) is 0 Å². The maximum absolute atomic E-state index is 6.67. The van der Waals surface area contributed by atoms with Crippen LogP contribution in [0.15, 0.2) is 59.6 Å². The summed E-state index contributed by atoms with van der Waals surface area (Å²) in [5, 5.41) is 0. The molecule has 0 unspecified atom stereocenters. The Labute approximate surface area is 210 Å². The highest BCUT2D eigenvalue weighted by molar-refractivity contribution is 6.06. The molecule has 184 valence electrons. The topological polar surface area (TPSA) is 40.0 Å². The molecule has 4 nitrogen and oxygen atoms in total. The SMILES string of the molecule is COC[C@@H](Oc1ccc2c(c1C(C)C)C(=Nc1cc(C)c(OC)c(C)c1)CCC2)c1ccccc1. The first kappa shape index (κ1) is 25.0. The van der Waals surface area contributed by atoms with E-state index in [4.69, 9.17) is 19.2 Å². The predicted molar refractivity (Wildman–Crippen MR) is 144 cm³/mol. The van der Waals surface area contributed by atoms with Crippen LogP contribution in [0.1, 0.15) is 72.1 Å². The quantitative estimate of drug-likeness (QED) is 0.339. The van der Waals surface area contributed by atoms with E-state index in [2.05, 4.69) is 64.1 Å². The first-order valence-electron chi connectivity index (χ1n) is 12.5. The summed E-state index contributed by atoms with van der Waals surface area (Å²) in [7, 11) is 3.44. The maximum atomic E-state index is 6.67. The fourth-order valence-corrected chi connectivity index (χ4v) is 5.19. The lowest BCUT2D eigenvalue weighted by atomic mass is 9.82. The molecule has 3 aromatic rings. The van der Waals surface area contributed by atoms with Gasteiger partial charge in [-0.25, -0.2) is 0 Å². The third kappa shape index (κ3) is 5.43. The van der Waals surface area contributed by atoms with Crippen molar-refractivity contribution in [1.29, 1.82) is 0 Å². The second-order valence-corrected chi connectivity index (χ2v) is 9.66. The number of benzene rings is 3. The van der Waals surface area contributed by atoms with Crippen molar-refractivity contribution in [2.75, 3.05) is 20.8 Å². The van der Waals surface area contributed by atoms with Crippen LogP contribution in [-0.4, -0.2) is 26.5 Å². The van der Waals surface area contributed by atoms with Gasteiger partial charge in [0.2, 0.25) is 0 Å². The number of hydrogen-bond acceptors (Lipinski definition) is 4. The van der Waals surface area contributed by atoms with E-state index in [-0.39, 0.29) is 6.10 Å². The van der Waals surface area contributed by atoms with Crippen molar-refractivity contribution in [2.45, 2.75) is 59.0 Å². The van der Waals surface area contributed by atoms with E-state index in [0.29, 0.717) is 12.5 Å². The molecule has 0 heterocycles. The van der Waals surface area contributed by atoms with Gasteiger partial charge in [-0.1, -0.05) is 50.2 Å². The van der Waals surface area contributed by atoms with E-state index in [9.17, 15) is 0 Å². The lowest BCUT2D eigenvalue weighted by Gasteiger charge is -2.28. The fraction of sp³-hybridized carbons (Fsp3) is 0.387. The third-order valence-electron chi connectivity index (χ3n) is 6.69. The highest BCUT2D eigenvalue weighted by atomic mass is 16.5. The molecule has 0 aliphatic heterocycles. The van der Waals surface area contributed by atoms with E-state index in [1.807, 2.05) is 18.2 Å². The molecule has 3 aromatic carbocycles. The van der Waals surface area contributed by atoms with Crippen molar-refractivity contribution in [1.82, 2.24) is 0 Å². The zero-order valence-electron chi connectivity index (χ0n) is 21.9. The zero-order chi connectivity index (χ0) is 24.9. The smallest absolute Gasteiger partial charge is 0.147 e. The van der Waals surface area contributed by atoms with E-state index < -0.39 is 0 Å². The van der Waals surface area contributed by atoms with Crippen LogP contribution in [0.2, 0.25) is 0 Å². The molecule has 0 aromatic heterocycles. The molecule has 0 fully saturated rings. The van der Waals surface area contributed by atoms with Gasteiger partial charge in [-0.3, -0.25) is 4.99 Å². The predicted octanol–water partition coefficient (Wildman–Crippen LogP) is 7.66. The molecule has 0 radical (unpaired) electrons. The van der Waals surface area contributed by atoms with E-state index in [1.165, 1.54) is 16.7 Å². The number of nitrogens with zero attached hydrogens (tertiary/aromatic N) is 1. The van der Waals surface area contributed by atoms with Crippen molar-refractivity contribution in [3.63, 3.8) is 0 Å². The summed E-state index contributed by atoms with van der Waals surface area (Å²) in [4.78, 5) is 5.20. The standard InChI is InChI=1S/C31H37NO3/c1-20(2)29-27(35-28(19-33-5)23-11-8-7-9-12-23)16-15-24-13-10-14-26(30(24)29)32-25-17-21(3)31(34-6)22(4)18-25/h7-9,11-12,15-18,20,28H,10,13-14,19H2,1-6H3/t28-/m1/s1. The molecule has 0 amide bonds. The van der Waals surface area contributed by atoms with Gasteiger partial charge in [-0.2, -0.15) is 0 Å². The molecular weight excluding hydrogens is 434 g/mol. The third-order valence-corrected chi connectivity index (χ3v) is 6.69. The van der Waals surface area contributed by atoms with E-state index >= 15 is 0 Å². The number of aliphatic imine (C=N–C) groups is 1. The Hall–Kier alpha value is -3.11. The highest BCUT2D eigenvalue weighted by Gasteiger charge is 2.26. The summed E-state index contributed by atoms with van der Waals surface area (Å²) in [5.41, 5.74) is 9.30. The Morgan fingerprint density at radius 1 is 0.914 bits per heavy atom. The summed E-state index contributed by atoms with van der Waals surface area (Å²) in [6.07, 6.45) is 2.96. The van der Waals surface area contributed by atoms with Crippen LogP contribution < -0.4 is 9.47 Å². The Morgan fingerprint density at radius 3 is 2.26 bits per heavy atom. The number of ether oxygens (including phenoxy) is 3. The second-order valence-electron chi connectivity index (χ2n) is 9.66. The Balaban J connectivity index is 1.80. The molecule has 0 spiro atoms. The van der Waals surface area contributed by atoms with E-state index in [0.717, 1.165) is 58.9 Å². The van der Waals surface area contributed by atoms with Gasteiger partial charge in [0.05, 0.1) is 19.4 Å². The summed E-state index contributed by atoms with van der Waals surface area (Å²) in [5.74, 6) is 2.14. The molecule has 4 heteroatoms. The van der Waals surface area contributed by atoms with Gasteiger partial charge in [0.15, 0.2) is 0 Å². The molecule has 0 bridgehead atoms.